The Balaban J connectivity index is 1.66. The number of carbonyl (C=O) groups excluding carboxylic acids is 3. The molecule has 158 valence electrons. The standard InChI is InChI=1S/C23H30O6/c1-13(24)29-12-19(27)23(28)9-7-17-16-5-4-14-10-15(25)6-8-21(14,2)20(16)18(26)11-22(17,23)3/h6,8,10,16-18,20,26,28H,4-5,7,9,11-12H2,1-3H3/t16?,17?,18-,20?,21?,22?,23-/m0/s1. The van der Waals surface area contributed by atoms with E-state index in [2.05, 4.69) is 6.92 Å². The smallest absolute Gasteiger partial charge is 0.303 e. The number of esters is 1. The average molecular weight is 402 g/mol. The maximum absolute atomic E-state index is 12.9. The Labute approximate surface area is 171 Å². The van der Waals surface area contributed by atoms with Gasteiger partial charge in [0.2, 0.25) is 5.78 Å². The van der Waals surface area contributed by atoms with Crippen molar-refractivity contribution in [3.05, 3.63) is 23.8 Å². The normalized spacial score (nSPS) is 45.7. The summed E-state index contributed by atoms with van der Waals surface area (Å²) in [7, 11) is 0. The number of hydrogen-bond acceptors (Lipinski definition) is 6. The fraction of sp³-hybridized carbons (Fsp3) is 0.696. The van der Waals surface area contributed by atoms with E-state index in [0.717, 1.165) is 18.4 Å². The largest absolute Gasteiger partial charge is 0.458 e. The summed E-state index contributed by atoms with van der Waals surface area (Å²) >= 11 is 0. The lowest BCUT2D eigenvalue weighted by atomic mass is 9.46. The highest BCUT2D eigenvalue weighted by molar-refractivity contribution is 6.01. The molecule has 4 aliphatic rings. The molecule has 2 N–H and O–H groups in total. The Morgan fingerprint density at radius 2 is 2.00 bits per heavy atom. The molecule has 0 aromatic rings. The number of allylic oxidation sites excluding steroid dienone is 4. The van der Waals surface area contributed by atoms with Crippen LogP contribution in [0.2, 0.25) is 0 Å². The Bertz CT molecular complexity index is 827. The molecule has 0 saturated heterocycles. The van der Waals surface area contributed by atoms with E-state index in [-0.39, 0.29) is 29.0 Å². The third-order valence-corrected chi connectivity index (χ3v) is 8.52. The monoisotopic (exact) mass is 402 g/mol. The summed E-state index contributed by atoms with van der Waals surface area (Å²) in [5.41, 5.74) is -1.67. The summed E-state index contributed by atoms with van der Waals surface area (Å²) in [6, 6.07) is 0. The molecule has 7 atom stereocenters. The molecule has 3 saturated carbocycles. The van der Waals surface area contributed by atoms with Crippen molar-refractivity contribution >= 4 is 17.5 Å². The third-order valence-electron chi connectivity index (χ3n) is 8.52. The number of aliphatic hydroxyl groups excluding tert-OH is 1. The van der Waals surface area contributed by atoms with Gasteiger partial charge in [-0.25, -0.2) is 0 Å². The first-order valence-corrected chi connectivity index (χ1v) is 10.5. The number of ketones is 2. The summed E-state index contributed by atoms with van der Waals surface area (Å²) in [4.78, 5) is 35.9. The van der Waals surface area contributed by atoms with Crippen molar-refractivity contribution in [3.63, 3.8) is 0 Å². The molecule has 0 spiro atoms. The average Bonchev–Trinajstić information content (AvgIpc) is 2.91. The van der Waals surface area contributed by atoms with E-state index in [9.17, 15) is 24.6 Å². The van der Waals surface area contributed by atoms with Crippen molar-refractivity contribution in [2.24, 2.45) is 28.6 Å². The van der Waals surface area contributed by atoms with Crippen LogP contribution in [-0.2, 0) is 19.1 Å². The summed E-state index contributed by atoms with van der Waals surface area (Å²) in [6.07, 6.45) is 7.50. The van der Waals surface area contributed by atoms with E-state index in [1.54, 1.807) is 12.2 Å². The predicted octanol–water partition coefficient (Wildman–Crippen LogP) is 2.13. The zero-order valence-electron chi connectivity index (χ0n) is 17.3. The molecule has 5 unspecified atom stereocenters. The van der Waals surface area contributed by atoms with E-state index < -0.39 is 35.5 Å². The summed E-state index contributed by atoms with van der Waals surface area (Å²) in [5.74, 6) is -0.836. The Morgan fingerprint density at radius 3 is 2.69 bits per heavy atom. The molecule has 0 heterocycles. The Hall–Kier alpha value is -1.79. The van der Waals surface area contributed by atoms with Gasteiger partial charge < -0.3 is 14.9 Å². The van der Waals surface area contributed by atoms with Gasteiger partial charge in [-0.15, -0.1) is 0 Å². The van der Waals surface area contributed by atoms with Crippen molar-refractivity contribution in [1.82, 2.24) is 0 Å². The first-order valence-electron chi connectivity index (χ1n) is 10.5. The fourth-order valence-electron chi connectivity index (χ4n) is 7.08. The third kappa shape index (κ3) is 2.79. The summed E-state index contributed by atoms with van der Waals surface area (Å²) in [5, 5.41) is 22.7. The van der Waals surface area contributed by atoms with Gasteiger partial charge >= 0.3 is 5.97 Å². The van der Waals surface area contributed by atoms with Crippen LogP contribution in [0.25, 0.3) is 0 Å². The number of aliphatic hydroxyl groups is 2. The first-order chi connectivity index (χ1) is 13.5. The van der Waals surface area contributed by atoms with Crippen molar-refractivity contribution < 1.29 is 29.3 Å². The number of ether oxygens (including phenoxy) is 1. The highest BCUT2D eigenvalue weighted by Crippen LogP contribution is 2.67. The second-order valence-corrected chi connectivity index (χ2v) is 9.81. The molecule has 6 nitrogen and oxygen atoms in total. The molecular weight excluding hydrogens is 372 g/mol. The van der Waals surface area contributed by atoms with E-state index in [0.29, 0.717) is 19.3 Å². The number of fused-ring (bicyclic) bond motifs is 5. The highest BCUT2D eigenvalue weighted by Gasteiger charge is 2.68. The SMILES string of the molecule is CC(=O)OCC(=O)[C@@]1(O)CCC2C3CCC4=CC(=O)C=CC4(C)C3[C@@H](O)CC21C. The number of carbonyl (C=O) groups is 3. The lowest BCUT2D eigenvalue weighted by Gasteiger charge is -2.59. The maximum atomic E-state index is 12.9. The van der Waals surface area contributed by atoms with Crippen LogP contribution >= 0.6 is 0 Å². The quantitative estimate of drug-likeness (QED) is 0.702. The van der Waals surface area contributed by atoms with Crippen LogP contribution in [0.15, 0.2) is 23.8 Å². The van der Waals surface area contributed by atoms with Crippen molar-refractivity contribution in [1.29, 1.82) is 0 Å². The summed E-state index contributed by atoms with van der Waals surface area (Å²) in [6.45, 7) is 4.80. The maximum Gasteiger partial charge on any atom is 0.303 e. The topological polar surface area (TPSA) is 101 Å². The summed E-state index contributed by atoms with van der Waals surface area (Å²) < 4.78 is 4.88. The van der Waals surface area contributed by atoms with Crippen LogP contribution in [0.4, 0.5) is 0 Å². The molecular formula is C23H30O6. The lowest BCUT2D eigenvalue weighted by Crippen LogP contribution is -2.61. The van der Waals surface area contributed by atoms with Gasteiger partial charge in [0.15, 0.2) is 12.4 Å². The minimum absolute atomic E-state index is 0.00243. The first kappa shape index (κ1) is 20.5. The minimum atomic E-state index is -1.60. The molecule has 0 aromatic carbocycles. The van der Waals surface area contributed by atoms with Crippen molar-refractivity contribution in [2.45, 2.75) is 64.6 Å². The van der Waals surface area contributed by atoms with Crippen LogP contribution in [-0.4, -0.2) is 46.1 Å². The molecule has 3 fully saturated rings. The van der Waals surface area contributed by atoms with Crippen LogP contribution in [0.5, 0.6) is 0 Å². The molecule has 0 bridgehead atoms. The second-order valence-electron chi connectivity index (χ2n) is 9.81. The van der Waals surface area contributed by atoms with Crippen molar-refractivity contribution in [2.75, 3.05) is 6.61 Å². The van der Waals surface area contributed by atoms with E-state index >= 15 is 0 Å². The lowest BCUT2D eigenvalue weighted by molar-refractivity contribution is -0.181. The molecule has 0 aromatic heterocycles. The van der Waals surface area contributed by atoms with Crippen molar-refractivity contribution in [3.8, 4) is 0 Å². The molecule has 29 heavy (non-hydrogen) atoms. The molecule has 6 heteroatoms. The van der Waals surface area contributed by atoms with Crippen LogP contribution < -0.4 is 0 Å². The zero-order chi connectivity index (χ0) is 21.2. The van der Waals surface area contributed by atoms with Gasteiger partial charge in [-0.2, -0.15) is 0 Å². The molecule has 0 amide bonds. The van der Waals surface area contributed by atoms with E-state index in [1.807, 2.05) is 13.0 Å². The van der Waals surface area contributed by atoms with Gasteiger partial charge in [0, 0.05) is 23.7 Å². The zero-order valence-corrected chi connectivity index (χ0v) is 17.3. The second kappa shape index (κ2) is 6.61. The number of rotatable bonds is 3. The Morgan fingerprint density at radius 1 is 1.28 bits per heavy atom. The fourth-order valence-corrected chi connectivity index (χ4v) is 7.08. The van der Waals surface area contributed by atoms with Gasteiger partial charge in [0.1, 0.15) is 5.60 Å². The van der Waals surface area contributed by atoms with Crippen LogP contribution in [0, 0.1) is 28.6 Å². The molecule has 4 aliphatic carbocycles. The van der Waals surface area contributed by atoms with E-state index in [1.165, 1.54) is 6.92 Å². The molecule has 4 rings (SSSR count). The minimum Gasteiger partial charge on any atom is -0.458 e. The van der Waals surface area contributed by atoms with E-state index in [4.69, 9.17) is 4.74 Å². The van der Waals surface area contributed by atoms with Gasteiger partial charge in [-0.3, -0.25) is 14.4 Å². The number of Topliss-reactive ketones (excluding diaryl/α,β-unsaturated/α-hetero) is 1. The van der Waals surface area contributed by atoms with Gasteiger partial charge in [-0.05, 0) is 56.1 Å². The van der Waals surface area contributed by atoms with Crippen LogP contribution in [0.1, 0.15) is 52.9 Å². The van der Waals surface area contributed by atoms with Crippen LogP contribution in [0.3, 0.4) is 0 Å². The Kier molecular flexibility index (Phi) is 4.67. The molecule has 0 aliphatic heterocycles. The van der Waals surface area contributed by atoms with Gasteiger partial charge in [-0.1, -0.05) is 25.5 Å². The highest BCUT2D eigenvalue weighted by atomic mass is 16.5. The number of hydrogen-bond donors (Lipinski definition) is 2. The van der Waals surface area contributed by atoms with Gasteiger partial charge in [0.05, 0.1) is 6.10 Å². The predicted molar refractivity (Wildman–Crippen MR) is 105 cm³/mol. The van der Waals surface area contributed by atoms with Gasteiger partial charge in [0.25, 0.3) is 0 Å². The molecule has 0 radical (unpaired) electrons.